The number of hydrogen-bond donors (Lipinski definition) is 2. The topological polar surface area (TPSA) is 84.9 Å². The third-order valence-corrected chi connectivity index (χ3v) is 6.62. The lowest BCUT2D eigenvalue weighted by Gasteiger charge is -2.28. The summed E-state index contributed by atoms with van der Waals surface area (Å²) in [6.45, 7) is 5.88. The summed E-state index contributed by atoms with van der Waals surface area (Å²) in [5.74, 6) is 1.78. The maximum absolute atomic E-state index is 6.02. The minimum Gasteiger partial charge on any atom is -0.383 e. The van der Waals surface area contributed by atoms with Gasteiger partial charge in [0.1, 0.15) is 11.6 Å². The van der Waals surface area contributed by atoms with Crippen LogP contribution in [0.2, 0.25) is 0 Å². The maximum Gasteiger partial charge on any atom is 0.128 e. The first-order valence-electron chi connectivity index (χ1n) is 11.4. The standard InChI is InChI=1S/C24H31N7/c1-17-19(5-8-23(29-17)30-11-3-2-4-12-30)16-31-15-18(14-28-31)13-27-22-7-6-21-20(22)9-10-26-24(21)25/h5,8-10,14-15,22,27H,2-4,6-7,11-13,16H2,1H3,(H2,25,26)/t22-/m1/s1. The molecular weight excluding hydrogens is 386 g/mol. The average Bonchev–Trinajstić information content (AvgIpc) is 3.42. The lowest BCUT2D eigenvalue weighted by Crippen LogP contribution is -2.30. The molecule has 1 saturated heterocycles. The molecule has 2 aliphatic rings. The van der Waals surface area contributed by atoms with E-state index in [1.54, 1.807) is 6.20 Å². The number of aromatic nitrogens is 4. The van der Waals surface area contributed by atoms with Gasteiger partial charge in [0, 0.05) is 49.3 Å². The van der Waals surface area contributed by atoms with Crippen LogP contribution in [0.25, 0.3) is 0 Å². The van der Waals surface area contributed by atoms with Crippen LogP contribution in [0.3, 0.4) is 0 Å². The first-order valence-corrected chi connectivity index (χ1v) is 11.4. The molecule has 3 aromatic heterocycles. The van der Waals surface area contributed by atoms with Gasteiger partial charge in [0.25, 0.3) is 0 Å². The van der Waals surface area contributed by atoms with E-state index in [0.717, 1.165) is 50.5 Å². The number of nitrogens with one attached hydrogen (secondary N) is 1. The molecule has 0 bridgehead atoms. The van der Waals surface area contributed by atoms with Crippen LogP contribution in [0.1, 0.15) is 59.7 Å². The first kappa shape index (κ1) is 20.0. The lowest BCUT2D eigenvalue weighted by atomic mass is 10.1. The van der Waals surface area contributed by atoms with Gasteiger partial charge < -0.3 is 16.0 Å². The SMILES string of the molecule is Cc1nc(N2CCCCC2)ccc1Cn1cc(CN[C@@H]2CCc3c2ccnc3N)cn1. The minimum atomic E-state index is 0.331. The Kier molecular flexibility index (Phi) is 5.59. The van der Waals surface area contributed by atoms with Gasteiger partial charge in [-0.3, -0.25) is 4.68 Å². The quantitative estimate of drug-likeness (QED) is 0.640. The van der Waals surface area contributed by atoms with Gasteiger partial charge in [0.2, 0.25) is 0 Å². The Morgan fingerprint density at radius 3 is 2.87 bits per heavy atom. The highest BCUT2D eigenvalue weighted by Gasteiger charge is 2.24. The molecule has 1 atom stereocenters. The molecule has 3 N–H and O–H groups in total. The van der Waals surface area contributed by atoms with E-state index in [4.69, 9.17) is 10.7 Å². The van der Waals surface area contributed by atoms with Gasteiger partial charge in [0.05, 0.1) is 12.7 Å². The highest BCUT2D eigenvalue weighted by molar-refractivity contribution is 5.48. The molecule has 5 rings (SSSR count). The zero-order valence-electron chi connectivity index (χ0n) is 18.2. The summed E-state index contributed by atoms with van der Waals surface area (Å²) in [6, 6.07) is 6.79. The Morgan fingerprint density at radius 1 is 1.16 bits per heavy atom. The zero-order valence-corrected chi connectivity index (χ0v) is 18.2. The number of aryl methyl sites for hydroxylation is 1. The fourth-order valence-electron chi connectivity index (χ4n) is 4.82. The van der Waals surface area contributed by atoms with E-state index in [-0.39, 0.29) is 0 Å². The van der Waals surface area contributed by atoms with Crippen molar-refractivity contribution in [2.75, 3.05) is 23.7 Å². The van der Waals surface area contributed by atoms with Gasteiger partial charge >= 0.3 is 0 Å². The van der Waals surface area contributed by atoms with Crippen LogP contribution in [0, 0.1) is 6.92 Å². The van der Waals surface area contributed by atoms with Crippen molar-refractivity contribution in [2.24, 2.45) is 0 Å². The third-order valence-electron chi connectivity index (χ3n) is 6.62. The van der Waals surface area contributed by atoms with Crippen molar-refractivity contribution in [2.45, 2.75) is 58.2 Å². The number of nitrogen functional groups attached to an aromatic ring is 1. The summed E-state index contributed by atoms with van der Waals surface area (Å²) in [5.41, 5.74) is 12.0. The van der Waals surface area contributed by atoms with E-state index < -0.39 is 0 Å². The van der Waals surface area contributed by atoms with Crippen molar-refractivity contribution >= 4 is 11.6 Å². The molecule has 0 spiro atoms. The second kappa shape index (κ2) is 8.67. The van der Waals surface area contributed by atoms with Crippen molar-refractivity contribution < 1.29 is 0 Å². The summed E-state index contributed by atoms with van der Waals surface area (Å²) in [5, 5.41) is 8.24. The molecule has 0 aromatic carbocycles. The van der Waals surface area contributed by atoms with Crippen molar-refractivity contribution in [3.05, 3.63) is 64.7 Å². The highest BCUT2D eigenvalue weighted by atomic mass is 15.3. The Labute approximate surface area is 183 Å². The predicted octanol–water partition coefficient (Wildman–Crippen LogP) is 3.38. The zero-order chi connectivity index (χ0) is 21.2. The van der Waals surface area contributed by atoms with Gasteiger partial charge in [-0.05, 0) is 67.9 Å². The molecule has 0 unspecified atom stereocenters. The largest absolute Gasteiger partial charge is 0.383 e. The number of pyridine rings is 2. The number of hydrogen-bond acceptors (Lipinski definition) is 6. The van der Waals surface area contributed by atoms with Crippen molar-refractivity contribution in [1.82, 2.24) is 25.1 Å². The Hall–Kier alpha value is -2.93. The summed E-state index contributed by atoms with van der Waals surface area (Å²) >= 11 is 0. The first-order chi connectivity index (χ1) is 15.2. The van der Waals surface area contributed by atoms with Crippen molar-refractivity contribution in [3.63, 3.8) is 0 Å². The summed E-state index contributed by atoms with van der Waals surface area (Å²) in [6.07, 6.45) is 11.8. The van der Waals surface area contributed by atoms with E-state index >= 15 is 0 Å². The highest BCUT2D eigenvalue weighted by Crippen LogP contribution is 2.33. The maximum atomic E-state index is 6.02. The van der Waals surface area contributed by atoms with Crippen LogP contribution in [0.5, 0.6) is 0 Å². The number of rotatable bonds is 6. The molecule has 1 aliphatic heterocycles. The summed E-state index contributed by atoms with van der Waals surface area (Å²) < 4.78 is 2.01. The number of nitrogens with two attached hydrogens (primary N) is 1. The van der Waals surface area contributed by atoms with Crippen LogP contribution >= 0.6 is 0 Å². The minimum absolute atomic E-state index is 0.331. The second-order valence-electron chi connectivity index (χ2n) is 8.74. The van der Waals surface area contributed by atoms with Crippen molar-refractivity contribution in [3.8, 4) is 0 Å². The van der Waals surface area contributed by atoms with Crippen molar-refractivity contribution in [1.29, 1.82) is 0 Å². The number of nitrogens with zero attached hydrogens (tertiary/aromatic N) is 5. The molecule has 7 heteroatoms. The smallest absolute Gasteiger partial charge is 0.128 e. The van der Waals surface area contributed by atoms with Crippen LogP contribution in [-0.4, -0.2) is 32.8 Å². The van der Waals surface area contributed by atoms with Crippen LogP contribution in [0.15, 0.2) is 36.8 Å². The molecule has 4 heterocycles. The number of fused-ring (bicyclic) bond motifs is 1. The molecule has 7 nitrogen and oxygen atoms in total. The molecule has 162 valence electrons. The molecule has 0 radical (unpaired) electrons. The van der Waals surface area contributed by atoms with Gasteiger partial charge in [-0.1, -0.05) is 6.07 Å². The van der Waals surface area contributed by atoms with E-state index in [2.05, 4.69) is 51.6 Å². The van der Waals surface area contributed by atoms with Gasteiger partial charge in [-0.25, -0.2) is 9.97 Å². The van der Waals surface area contributed by atoms with E-state index in [1.165, 1.54) is 41.5 Å². The van der Waals surface area contributed by atoms with Gasteiger partial charge in [0.15, 0.2) is 0 Å². The third kappa shape index (κ3) is 4.28. The molecule has 31 heavy (non-hydrogen) atoms. The molecular formula is C24H31N7. The summed E-state index contributed by atoms with van der Waals surface area (Å²) in [4.78, 5) is 11.5. The fraction of sp³-hybridized carbons (Fsp3) is 0.458. The lowest BCUT2D eigenvalue weighted by molar-refractivity contribution is 0.530. The summed E-state index contributed by atoms with van der Waals surface area (Å²) in [7, 11) is 0. The Balaban J connectivity index is 1.20. The number of piperidine rings is 1. The Morgan fingerprint density at radius 2 is 2.03 bits per heavy atom. The van der Waals surface area contributed by atoms with Gasteiger partial charge in [-0.2, -0.15) is 5.10 Å². The molecule has 0 amide bonds. The normalized spacial score (nSPS) is 18.4. The van der Waals surface area contributed by atoms with E-state index in [0.29, 0.717) is 11.9 Å². The van der Waals surface area contributed by atoms with Crippen LogP contribution in [0.4, 0.5) is 11.6 Å². The second-order valence-corrected chi connectivity index (χ2v) is 8.74. The average molecular weight is 418 g/mol. The fourth-order valence-corrected chi connectivity index (χ4v) is 4.82. The number of anilines is 2. The van der Waals surface area contributed by atoms with E-state index in [1.807, 2.05) is 10.9 Å². The Bertz CT molecular complexity index is 1050. The van der Waals surface area contributed by atoms with Gasteiger partial charge in [-0.15, -0.1) is 0 Å². The molecule has 3 aromatic rings. The molecule has 1 aliphatic carbocycles. The molecule has 1 fully saturated rings. The predicted molar refractivity (Wildman–Crippen MR) is 123 cm³/mol. The van der Waals surface area contributed by atoms with Crippen LogP contribution in [-0.2, 0) is 19.5 Å². The molecule has 0 saturated carbocycles. The monoisotopic (exact) mass is 417 g/mol. The van der Waals surface area contributed by atoms with E-state index in [9.17, 15) is 0 Å². The van der Waals surface area contributed by atoms with Crippen LogP contribution < -0.4 is 16.0 Å².